The Kier molecular flexibility index (Phi) is 3.72. The Hall–Kier alpha value is -2.18. The maximum Gasteiger partial charge on any atom is 0.437 e. The molecule has 0 spiro atoms. The average Bonchev–Trinajstić information content (AvgIpc) is 3.10. The van der Waals surface area contributed by atoms with Crippen molar-refractivity contribution >= 4 is 11.3 Å². The number of aromatic nitrogens is 2. The molecule has 0 amide bonds. The molecule has 0 aliphatic heterocycles. The van der Waals surface area contributed by atoms with Crippen LogP contribution in [0.4, 0.5) is 0 Å². The Morgan fingerprint density at radius 2 is 2.10 bits per heavy atom. The van der Waals surface area contributed by atoms with Crippen molar-refractivity contribution in [2.75, 3.05) is 0 Å². The number of nitrogens with zero attached hydrogens (tertiary/aromatic N) is 2. The predicted octanol–water partition coefficient (Wildman–Crippen LogP) is 2.61. The lowest BCUT2D eigenvalue weighted by Gasteiger charge is -2.09. The summed E-state index contributed by atoms with van der Waals surface area (Å²) in [6, 6.07) is 11.2. The van der Waals surface area contributed by atoms with Gasteiger partial charge in [-0.15, -0.1) is 16.4 Å². The molecule has 1 atom stereocenters. The fraction of sp³-hybridized carbons (Fsp3) is 0.200. The van der Waals surface area contributed by atoms with Crippen LogP contribution in [0.2, 0.25) is 0 Å². The van der Waals surface area contributed by atoms with Crippen LogP contribution in [-0.2, 0) is 6.54 Å². The van der Waals surface area contributed by atoms with Crippen molar-refractivity contribution in [3.63, 3.8) is 0 Å². The molecule has 0 saturated carbocycles. The number of thiophene rings is 1. The van der Waals surface area contributed by atoms with Gasteiger partial charge in [0.25, 0.3) is 5.89 Å². The molecule has 0 radical (unpaired) electrons. The molecule has 0 aliphatic carbocycles. The third-order valence-corrected chi connectivity index (χ3v) is 4.00. The van der Waals surface area contributed by atoms with Crippen LogP contribution in [0.1, 0.15) is 17.2 Å². The maximum atomic E-state index is 11.8. The van der Waals surface area contributed by atoms with E-state index >= 15 is 0 Å². The van der Waals surface area contributed by atoms with Gasteiger partial charge in [0.15, 0.2) is 0 Å². The summed E-state index contributed by atoms with van der Waals surface area (Å²) in [5, 5.41) is 16.2. The Balaban J connectivity index is 1.82. The topological polar surface area (TPSA) is 68.3 Å². The van der Waals surface area contributed by atoms with Crippen molar-refractivity contribution < 1.29 is 9.52 Å². The highest BCUT2D eigenvalue weighted by Gasteiger charge is 2.15. The summed E-state index contributed by atoms with van der Waals surface area (Å²) >= 11 is 1.44. The molecule has 3 aromatic rings. The maximum absolute atomic E-state index is 11.8. The van der Waals surface area contributed by atoms with Crippen molar-refractivity contribution in [3.8, 4) is 10.8 Å². The average molecular weight is 302 g/mol. The van der Waals surface area contributed by atoms with E-state index < -0.39 is 11.9 Å². The smallest absolute Gasteiger partial charge is 0.387 e. The van der Waals surface area contributed by atoms with E-state index in [4.69, 9.17) is 4.42 Å². The molecule has 3 rings (SSSR count). The zero-order chi connectivity index (χ0) is 14.8. The summed E-state index contributed by atoms with van der Waals surface area (Å²) in [7, 11) is 0. The lowest BCUT2D eigenvalue weighted by Crippen LogP contribution is -2.20. The summed E-state index contributed by atoms with van der Waals surface area (Å²) < 4.78 is 6.26. The number of aliphatic hydroxyl groups is 1. The number of aryl methyl sites for hydroxylation is 1. The van der Waals surface area contributed by atoms with Gasteiger partial charge in [-0.05, 0) is 23.9 Å². The van der Waals surface area contributed by atoms with Crippen LogP contribution in [0.3, 0.4) is 0 Å². The highest BCUT2D eigenvalue weighted by atomic mass is 32.1. The third-order valence-electron chi connectivity index (χ3n) is 3.15. The molecule has 1 unspecified atom stereocenters. The zero-order valence-corrected chi connectivity index (χ0v) is 12.2. The Morgan fingerprint density at radius 1 is 1.33 bits per heavy atom. The second kappa shape index (κ2) is 5.67. The van der Waals surface area contributed by atoms with Gasteiger partial charge in [0.2, 0.25) is 0 Å². The number of aliphatic hydroxyl groups excluding tert-OH is 1. The largest absolute Gasteiger partial charge is 0.437 e. The summed E-state index contributed by atoms with van der Waals surface area (Å²) in [5.41, 5.74) is 1.86. The van der Waals surface area contributed by atoms with Crippen LogP contribution < -0.4 is 5.76 Å². The van der Waals surface area contributed by atoms with E-state index in [1.807, 2.05) is 48.7 Å². The number of rotatable bonds is 4. The summed E-state index contributed by atoms with van der Waals surface area (Å²) in [4.78, 5) is 12.6. The second-order valence-electron chi connectivity index (χ2n) is 4.76. The van der Waals surface area contributed by atoms with Crippen LogP contribution >= 0.6 is 11.3 Å². The van der Waals surface area contributed by atoms with Crippen molar-refractivity contribution in [1.29, 1.82) is 0 Å². The lowest BCUT2D eigenvalue weighted by atomic mass is 10.1. The first-order valence-electron chi connectivity index (χ1n) is 6.50. The first kappa shape index (κ1) is 13.8. The van der Waals surface area contributed by atoms with Gasteiger partial charge in [-0.3, -0.25) is 0 Å². The highest BCUT2D eigenvalue weighted by molar-refractivity contribution is 7.13. The van der Waals surface area contributed by atoms with E-state index in [9.17, 15) is 9.90 Å². The number of hydrogen-bond donors (Lipinski definition) is 1. The van der Waals surface area contributed by atoms with Crippen LogP contribution in [0.25, 0.3) is 10.8 Å². The predicted molar refractivity (Wildman–Crippen MR) is 80.2 cm³/mol. The molecule has 21 heavy (non-hydrogen) atoms. The van der Waals surface area contributed by atoms with E-state index in [1.54, 1.807) is 0 Å². The van der Waals surface area contributed by atoms with Gasteiger partial charge in [-0.2, -0.15) is 4.68 Å². The van der Waals surface area contributed by atoms with Crippen LogP contribution in [-0.4, -0.2) is 14.9 Å². The standard InChI is InChI=1S/C15H14N2O3S/c1-10-4-6-11(7-5-10)12(18)9-17-15(19)20-14(16-17)13-3-2-8-21-13/h2-8,12,18H,9H2,1H3. The first-order valence-corrected chi connectivity index (χ1v) is 7.38. The molecule has 2 aromatic heterocycles. The van der Waals surface area contributed by atoms with Crippen LogP contribution in [0, 0.1) is 6.92 Å². The Bertz CT molecular complexity index is 772. The monoisotopic (exact) mass is 302 g/mol. The normalized spacial score (nSPS) is 12.5. The van der Waals surface area contributed by atoms with Crippen LogP contribution in [0.15, 0.2) is 51.0 Å². The van der Waals surface area contributed by atoms with Crippen molar-refractivity contribution in [1.82, 2.24) is 9.78 Å². The number of benzene rings is 1. The molecular weight excluding hydrogens is 288 g/mol. The van der Waals surface area contributed by atoms with Crippen LogP contribution in [0.5, 0.6) is 0 Å². The summed E-state index contributed by atoms with van der Waals surface area (Å²) in [6.07, 6.45) is -0.801. The van der Waals surface area contributed by atoms with Crippen molar-refractivity contribution in [2.45, 2.75) is 19.6 Å². The minimum atomic E-state index is -0.801. The molecule has 0 bridgehead atoms. The molecule has 6 heteroatoms. The second-order valence-corrected chi connectivity index (χ2v) is 5.71. The first-order chi connectivity index (χ1) is 10.1. The fourth-order valence-electron chi connectivity index (χ4n) is 1.98. The molecule has 1 N–H and O–H groups in total. The molecular formula is C15H14N2O3S. The quantitative estimate of drug-likeness (QED) is 0.804. The van der Waals surface area contributed by atoms with E-state index in [2.05, 4.69) is 5.10 Å². The molecule has 0 saturated heterocycles. The van der Waals surface area contributed by atoms with Gasteiger partial charge in [-0.25, -0.2) is 4.79 Å². The van der Waals surface area contributed by atoms with Gasteiger partial charge in [0, 0.05) is 0 Å². The van der Waals surface area contributed by atoms with Crippen molar-refractivity contribution in [3.05, 3.63) is 63.5 Å². The molecule has 0 aliphatic rings. The fourth-order valence-corrected chi connectivity index (χ4v) is 2.62. The Labute approximate surface area is 125 Å². The molecule has 108 valence electrons. The van der Waals surface area contributed by atoms with E-state index in [1.165, 1.54) is 11.3 Å². The van der Waals surface area contributed by atoms with Gasteiger partial charge in [0.1, 0.15) is 0 Å². The summed E-state index contributed by atoms with van der Waals surface area (Å²) in [5.74, 6) is -0.282. The molecule has 5 nitrogen and oxygen atoms in total. The van der Waals surface area contributed by atoms with E-state index in [0.717, 1.165) is 20.7 Å². The van der Waals surface area contributed by atoms with Gasteiger partial charge < -0.3 is 9.52 Å². The third kappa shape index (κ3) is 2.96. The van der Waals surface area contributed by atoms with Gasteiger partial charge in [-0.1, -0.05) is 35.9 Å². The lowest BCUT2D eigenvalue weighted by molar-refractivity contribution is 0.148. The SMILES string of the molecule is Cc1ccc(C(O)Cn2nc(-c3cccs3)oc2=O)cc1. The van der Waals surface area contributed by atoms with E-state index in [0.29, 0.717) is 0 Å². The Morgan fingerprint density at radius 3 is 2.76 bits per heavy atom. The molecule has 1 aromatic carbocycles. The summed E-state index contributed by atoms with van der Waals surface area (Å²) in [6.45, 7) is 2.04. The van der Waals surface area contributed by atoms with Crippen molar-refractivity contribution in [2.24, 2.45) is 0 Å². The minimum Gasteiger partial charge on any atom is -0.387 e. The van der Waals surface area contributed by atoms with Gasteiger partial charge in [0.05, 0.1) is 17.5 Å². The van der Waals surface area contributed by atoms with E-state index in [-0.39, 0.29) is 12.4 Å². The molecule has 0 fully saturated rings. The number of hydrogen-bond acceptors (Lipinski definition) is 5. The molecule has 2 heterocycles. The van der Waals surface area contributed by atoms with Gasteiger partial charge >= 0.3 is 5.76 Å². The minimum absolute atomic E-state index is 0.0662. The highest BCUT2D eigenvalue weighted by Crippen LogP contribution is 2.22. The zero-order valence-electron chi connectivity index (χ0n) is 11.4.